The predicted molar refractivity (Wildman–Crippen MR) is 80.4 cm³/mol. The first kappa shape index (κ1) is 13.4. The van der Waals surface area contributed by atoms with Gasteiger partial charge in [0.1, 0.15) is 5.75 Å². The minimum absolute atomic E-state index is 0.0229. The molecule has 0 aromatic heterocycles. The zero-order valence-electron chi connectivity index (χ0n) is 11.9. The van der Waals surface area contributed by atoms with Crippen molar-refractivity contribution in [3.8, 4) is 5.75 Å². The average molecular weight is 307 g/mol. The molecule has 21 heavy (non-hydrogen) atoms. The van der Waals surface area contributed by atoms with E-state index in [1.807, 2.05) is 4.90 Å². The van der Waals surface area contributed by atoms with Gasteiger partial charge in [0.2, 0.25) is 5.91 Å². The van der Waals surface area contributed by atoms with Crippen LogP contribution in [0, 0.1) is 5.41 Å². The molecule has 1 amide bonds. The van der Waals surface area contributed by atoms with Crippen LogP contribution >= 0.6 is 11.6 Å². The predicted octanol–water partition coefficient (Wildman–Crippen LogP) is 2.24. The van der Waals surface area contributed by atoms with Crippen LogP contribution in [0.1, 0.15) is 36.4 Å². The van der Waals surface area contributed by atoms with Crippen molar-refractivity contribution in [3.05, 3.63) is 28.3 Å². The summed E-state index contributed by atoms with van der Waals surface area (Å²) in [5.74, 6) is 0.530. The van der Waals surface area contributed by atoms with Gasteiger partial charge in [-0.1, -0.05) is 11.6 Å². The second-order valence-electron chi connectivity index (χ2n) is 6.67. The number of aromatic hydroxyl groups is 1. The van der Waals surface area contributed by atoms with E-state index in [0.717, 1.165) is 30.6 Å². The van der Waals surface area contributed by atoms with E-state index in [1.165, 1.54) is 12.8 Å². The van der Waals surface area contributed by atoms with Crippen LogP contribution in [0.3, 0.4) is 0 Å². The normalized spacial score (nSPS) is 26.2. The van der Waals surface area contributed by atoms with Gasteiger partial charge >= 0.3 is 0 Å². The molecular formula is C16H19ClN2O2. The number of hydrogen-bond donors (Lipinski definition) is 2. The van der Waals surface area contributed by atoms with Crippen molar-refractivity contribution in [2.24, 2.45) is 5.41 Å². The lowest BCUT2D eigenvalue weighted by molar-refractivity contribution is -0.128. The van der Waals surface area contributed by atoms with Crippen molar-refractivity contribution in [2.75, 3.05) is 19.6 Å². The van der Waals surface area contributed by atoms with E-state index in [2.05, 4.69) is 5.32 Å². The van der Waals surface area contributed by atoms with Crippen molar-refractivity contribution in [2.45, 2.75) is 31.7 Å². The van der Waals surface area contributed by atoms with Crippen LogP contribution in [0.4, 0.5) is 0 Å². The van der Waals surface area contributed by atoms with Gasteiger partial charge in [-0.15, -0.1) is 0 Å². The quantitative estimate of drug-likeness (QED) is 0.881. The van der Waals surface area contributed by atoms with Crippen LogP contribution in [0.5, 0.6) is 5.75 Å². The molecule has 4 nitrogen and oxygen atoms in total. The lowest BCUT2D eigenvalue weighted by Gasteiger charge is -2.31. The molecule has 1 aromatic carbocycles. The number of carbonyl (C=O) groups excluding carboxylic acids is 1. The first-order valence-electron chi connectivity index (χ1n) is 7.59. The van der Waals surface area contributed by atoms with Crippen molar-refractivity contribution < 1.29 is 9.90 Å². The highest BCUT2D eigenvalue weighted by molar-refractivity contribution is 6.31. The number of halogens is 1. The molecule has 5 heteroatoms. The minimum atomic E-state index is -0.0229. The number of benzene rings is 1. The molecule has 0 radical (unpaired) electrons. The lowest BCUT2D eigenvalue weighted by atomic mass is 9.93. The topological polar surface area (TPSA) is 52.6 Å². The number of phenolic OH excluding ortho intramolecular Hbond substituents is 1. The second-order valence-corrected chi connectivity index (χ2v) is 7.07. The Morgan fingerprint density at radius 2 is 2.24 bits per heavy atom. The Bertz CT molecular complexity index is 613. The summed E-state index contributed by atoms with van der Waals surface area (Å²) in [6, 6.07) is 3.37. The number of amides is 1. The molecule has 1 spiro atoms. The number of rotatable bonds is 2. The summed E-state index contributed by atoms with van der Waals surface area (Å²) in [4.78, 5) is 14.1. The van der Waals surface area contributed by atoms with Gasteiger partial charge < -0.3 is 15.3 Å². The SMILES string of the molecule is O=C1CC2(CC2)CN1CC1NCCc2c(Cl)ccc(O)c21. The monoisotopic (exact) mass is 306 g/mol. The Hall–Kier alpha value is -1.26. The van der Waals surface area contributed by atoms with Gasteiger partial charge in [0, 0.05) is 30.1 Å². The molecule has 1 aliphatic carbocycles. The highest BCUT2D eigenvalue weighted by atomic mass is 35.5. The number of phenols is 1. The fourth-order valence-electron chi connectivity index (χ4n) is 3.78. The Labute approximate surface area is 129 Å². The summed E-state index contributed by atoms with van der Waals surface area (Å²) >= 11 is 6.26. The molecule has 3 aliphatic rings. The zero-order chi connectivity index (χ0) is 14.6. The Morgan fingerprint density at radius 3 is 2.95 bits per heavy atom. The average Bonchev–Trinajstić information content (AvgIpc) is 3.14. The maximum atomic E-state index is 12.2. The van der Waals surface area contributed by atoms with Gasteiger partial charge in [0.25, 0.3) is 0 Å². The molecule has 4 rings (SSSR count). The van der Waals surface area contributed by atoms with Gasteiger partial charge in [-0.25, -0.2) is 0 Å². The number of carbonyl (C=O) groups is 1. The fraction of sp³-hybridized carbons (Fsp3) is 0.562. The fourth-order valence-corrected chi connectivity index (χ4v) is 4.04. The molecule has 2 heterocycles. The molecule has 0 bridgehead atoms. The van der Waals surface area contributed by atoms with Crippen molar-refractivity contribution in [3.63, 3.8) is 0 Å². The van der Waals surface area contributed by atoms with E-state index in [9.17, 15) is 9.90 Å². The smallest absolute Gasteiger partial charge is 0.223 e. The van der Waals surface area contributed by atoms with Gasteiger partial charge in [0.05, 0.1) is 6.04 Å². The maximum Gasteiger partial charge on any atom is 0.223 e. The molecule has 1 saturated heterocycles. The molecule has 1 atom stereocenters. The van der Waals surface area contributed by atoms with E-state index < -0.39 is 0 Å². The van der Waals surface area contributed by atoms with Crippen LogP contribution in [0.15, 0.2) is 12.1 Å². The third kappa shape index (κ3) is 2.21. The van der Waals surface area contributed by atoms with Gasteiger partial charge in [0.15, 0.2) is 0 Å². The highest BCUT2D eigenvalue weighted by Gasteiger charge is 2.51. The van der Waals surface area contributed by atoms with E-state index in [1.54, 1.807) is 12.1 Å². The minimum Gasteiger partial charge on any atom is -0.508 e. The van der Waals surface area contributed by atoms with E-state index >= 15 is 0 Å². The van der Waals surface area contributed by atoms with Crippen LogP contribution in [-0.2, 0) is 11.2 Å². The van der Waals surface area contributed by atoms with Gasteiger partial charge in [-0.2, -0.15) is 0 Å². The summed E-state index contributed by atoms with van der Waals surface area (Å²) in [7, 11) is 0. The molecule has 2 fully saturated rings. The highest BCUT2D eigenvalue weighted by Crippen LogP contribution is 2.53. The first-order chi connectivity index (χ1) is 10.1. The largest absolute Gasteiger partial charge is 0.508 e. The Morgan fingerprint density at radius 1 is 1.43 bits per heavy atom. The first-order valence-corrected chi connectivity index (χ1v) is 7.97. The number of fused-ring (bicyclic) bond motifs is 1. The number of likely N-dealkylation sites (tertiary alicyclic amines) is 1. The van der Waals surface area contributed by atoms with Crippen molar-refractivity contribution in [1.82, 2.24) is 10.2 Å². The van der Waals surface area contributed by atoms with E-state index in [4.69, 9.17) is 11.6 Å². The van der Waals surface area contributed by atoms with E-state index in [0.29, 0.717) is 18.0 Å². The molecule has 1 unspecified atom stereocenters. The number of hydrogen-bond acceptors (Lipinski definition) is 3. The standard InChI is InChI=1S/C16H19ClN2O2/c17-11-1-2-13(20)15-10(11)3-6-18-12(15)8-19-9-16(4-5-16)7-14(19)21/h1-2,12,18,20H,3-9H2. The summed E-state index contributed by atoms with van der Waals surface area (Å²) < 4.78 is 0. The van der Waals surface area contributed by atoms with Crippen LogP contribution in [0.2, 0.25) is 5.02 Å². The van der Waals surface area contributed by atoms with Crippen LogP contribution in [0.25, 0.3) is 0 Å². The number of nitrogens with zero attached hydrogens (tertiary/aromatic N) is 1. The Kier molecular flexibility index (Phi) is 2.95. The Balaban J connectivity index is 1.60. The molecule has 1 saturated carbocycles. The third-order valence-electron chi connectivity index (χ3n) is 5.16. The summed E-state index contributed by atoms with van der Waals surface area (Å²) in [6.45, 7) is 2.33. The summed E-state index contributed by atoms with van der Waals surface area (Å²) in [5.41, 5.74) is 2.18. The van der Waals surface area contributed by atoms with E-state index in [-0.39, 0.29) is 23.1 Å². The second kappa shape index (κ2) is 4.62. The molecular weight excluding hydrogens is 288 g/mol. The summed E-state index contributed by atoms with van der Waals surface area (Å²) in [5, 5.41) is 14.3. The third-order valence-corrected chi connectivity index (χ3v) is 5.51. The lowest BCUT2D eigenvalue weighted by Crippen LogP contribution is -2.40. The molecule has 2 aliphatic heterocycles. The molecule has 2 N–H and O–H groups in total. The summed E-state index contributed by atoms with van der Waals surface area (Å²) in [6.07, 6.45) is 3.88. The molecule has 112 valence electrons. The zero-order valence-corrected chi connectivity index (χ0v) is 12.6. The van der Waals surface area contributed by atoms with Crippen LogP contribution in [-0.4, -0.2) is 35.5 Å². The van der Waals surface area contributed by atoms with Gasteiger partial charge in [-0.3, -0.25) is 4.79 Å². The van der Waals surface area contributed by atoms with Crippen molar-refractivity contribution >= 4 is 17.5 Å². The van der Waals surface area contributed by atoms with Crippen molar-refractivity contribution in [1.29, 1.82) is 0 Å². The molecule has 1 aromatic rings. The van der Waals surface area contributed by atoms with Gasteiger partial charge in [-0.05, 0) is 48.9 Å². The number of nitrogens with one attached hydrogen (secondary N) is 1. The van der Waals surface area contributed by atoms with Crippen LogP contribution < -0.4 is 5.32 Å². The maximum absolute atomic E-state index is 12.2.